The molecule has 0 aliphatic heterocycles. The molecule has 6 nitrogen and oxygen atoms in total. The van der Waals surface area contributed by atoms with Crippen LogP contribution in [0.5, 0.6) is 0 Å². The number of nitrogens with one attached hydrogen (secondary N) is 1. The molecule has 2 amide bonds. The monoisotopic (exact) mass is 270 g/mol. The van der Waals surface area contributed by atoms with Gasteiger partial charge in [-0.05, 0) is 18.3 Å². The Morgan fingerprint density at radius 1 is 1.26 bits per heavy atom. The summed E-state index contributed by atoms with van der Waals surface area (Å²) in [7, 11) is 0. The van der Waals surface area contributed by atoms with E-state index in [2.05, 4.69) is 5.32 Å². The molecule has 0 aromatic rings. The predicted octanol–water partition coefficient (Wildman–Crippen LogP) is 0.792. The molecule has 0 heterocycles. The smallest absolute Gasteiger partial charge is 0.305 e. The van der Waals surface area contributed by atoms with Gasteiger partial charge in [-0.25, -0.2) is 0 Å². The molecule has 0 aromatic carbocycles. The first-order chi connectivity index (χ1) is 8.82. The summed E-state index contributed by atoms with van der Waals surface area (Å²) in [4.78, 5) is 33.7. The van der Waals surface area contributed by atoms with Gasteiger partial charge in [-0.1, -0.05) is 26.2 Å². The van der Waals surface area contributed by atoms with Crippen LogP contribution in [0.25, 0.3) is 0 Å². The van der Waals surface area contributed by atoms with Crippen LogP contribution < -0.4 is 11.1 Å². The molecule has 6 heteroatoms. The Morgan fingerprint density at radius 2 is 1.84 bits per heavy atom. The van der Waals surface area contributed by atoms with Crippen molar-refractivity contribution < 1.29 is 19.5 Å². The maximum absolute atomic E-state index is 11.8. The molecular formula is C13H22N2O4. The molecule has 19 heavy (non-hydrogen) atoms. The summed E-state index contributed by atoms with van der Waals surface area (Å²) in [6, 6.07) is -1.18. The lowest BCUT2D eigenvalue weighted by Gasteiger charge is -2.32. The largest absolute Gasteiger partial charge is 0.481 e. The van der Waals surface area contributed by atoms with Crippen molar-refractivity contribution in [3.63, 3.8) is 0 Å². The van der Waals surface area contributed by atoms with Gasteiger partial charge in [-0.3, -0.25) is 19.7 Å². The van der Waals surface area contributed by atoms with Crippen LogP contribution in [0.2, 0.25) is 0 Å². The molecule has 0 unspecified atom stereocenters. The second-order valence-electron chi connectivity index (χ2n) is 5.66. The summed E-state index contributed by atoms with van der Waals surface area (Å²) in [5.74, 6) is -2.24. The van der Waals surface area contributed by atoms with Crippen LogP contribution in [-0.4, -0.2) is 28.9 Å². The lowest BCUT2D eigenvalue weighted by atomic mass is 9.73. The van der Waals surface area contributed by atoms with Crippen molar-refractivity contribution in [3.05, 3.63) is 0 Å². The van der Waals surface area contributed by atoms with Crippen molar-refractivity contribution in [2.24, 2.45) is 11.1 Å². The Labute approximate surface area is 112 Å². The fraction of sp³-hybridized carbons (Fsp3) is 0.769. The van der Waals surface area contributed by atoms with E-state index in [1.807, 2.05) is 6.92 Å². The third-order valence-corrected chi connectivity index (χ3v) is 3.64. The van der Waals surface area contributed by atoms with Crippen molar-refractivity contribution >= 4 is 17.8 Å². The van der Waals surface area contributed by atoms with Crippen molar-refractivity contribution in [1.29, 1.82) is 0 Å². The van der Waals surface area contributed by atoms with Gasteiger partial charge in [-0.2, -0.15) is 0 Å². The Morgan fingerprint density at radius 3 is 2.37 bits per heavy atom. The van der Waals surface area contributed by atoms with Crippen LogP contribution in [-0.2, 0) is 14.4 Å². The van der Waals surface area contributed by atoms with E-state index in [-0.39, 0.29) is 11.3 Å². The molecule has 108 valence electrons. The highest BCUT2D eigenvalue weighted by Crippen LogP contribution is 2.38. The molecule has 0 spiro atoms. The maximum Gasteiger partial charge on any atom is 0.305 e. The number of rotatable bonds is 5. The Bertz CT molecular complexity index is 362. The molecule has 0 saturated heterocycles. The molecule has 1 fully saturated rings. The van der Waals surface area contributed by atoms with E-state index in [1.165, 1.54) is 6.42 Å². The maximum atomic E-state index is 11.8. The van der Waals surface area contributed by atoms with Gasteiger partial charge in [0.25, 0.3) is 0 Å². The quantitative estimate of drug-likeness (QED) is 0.684. The minimum absolute atomic E-state index is 0.0560. The highest BCUT2D eigenvalue weighted by Gasteiger charge is 2.30. The van der Waals surface area contributed by atoms with Gasteiger partial charge in [0, 0.05) is 6.42 Å². The SMILES string of the molecule is CC1(CC(=O)NC(=O)[C@@H](N)CC(=O)O)CCCCC1. The van der Waals surface area contributed by atoms with Crippen LogP contribution in [0, 0.1) is 5.41 Å². The van der Waals surface area contributed by atoms with Crippen LogP contribution in [0.15, 0.2) is 0 Å². The van der Waals surface area contributed by atoms with E-state index in [4.69, 9.17) is 10.8 Å². The van der Waals surface area contributed by atoms with E-state index >= 15 is 0 Å². The second-order valence-corrected chi connectivity index (χ2v) is 5.66. The molecule has 0 bridgehead atoms. The molecule has 1 saturated carbocycles. The van der Waals surface area contributed by atoms with Crippen molar-refractivity contribution in [3.8, 4) is 0 Å². The number of aliphatic carboxylic acids is 1. The Hall–Kier alpha value is -1.43. The lowest BCUT2D eigenvalue weighted by Crippen LogP contribution is -2.45. The van der Waals surface area contributed by atoms with Crippen LogP contribution in [0.4, 0.5) is 0 Å². The fourth-order valence-corrected chi connectivity index (χ4v) is 2.52. The van der Waals surface area contributed by atoms with Gasteiger partial charge in [0.1, 0.15) is 0 Å². The Kier molecular flexibility index (Phi) is 5.47. The van der Waals surface area contributed by atoms with E-state index in [9.17, 15) is 14.4 Å². The number of carbonyl (C=O) groups excluding carboxylic acids is 2. The normalized spacial score (nSPS) is 19.5. The molecule has 1 aliphatic carbocycles. The van der Waals surface area contributed by atoms with Gasteiger partial charge in [0.2, 0.25) is 11.8 Å². The predicted molar refractivity (Wildman–Crippen MR) is 69.2 cm³/mol. The number of carboxylic acid groups (broad SMARTS) is 1. The van der Waals surface area contributed by atoms with Gasteiger partial charge >= 0.3 is 5.97 Å². The summed E-state index contributed by atoms with van der Waals surface area (Å²) in [6.45, 7) is 2.05. The van der Waals surface area contributed by atoms with E-state index in [0.717, 1.165) is 25.7 Å². The molecule has 4 N–H and O–H groups in total. The highest BCUT2D eigenvalue weighted by atomic mass is 16.4. The first-order valence-electron chi connectivity index (χ1n) is 6.63. The van der Waals surface area contributed by atoms with E-state index in [0.29, 0.717) is 6.42 Å². The summed E-state index contributed by atoms with van der Waals surface area (Å²) >= 11 is 0. The molecule has 1 atom stereocenters. The Balaban J connectivity index is 2.41. The second kappa shape index (κ2) is 6.65. The third kappa shape index (κ3) is 5.38. The number of hydrogen-bond acceptors (Lipinski definition) is 4. The molecule has 1 aliphatic rings. The average molecular weight is 270 g/mol. The summed E-state index contributed by atoms with van der Waals surface area (Å²) in [5.41, 5.74) is 5.33. The first kappa shape index (κ1) is 15.6. The highest BCUT2D eigenvalue weighted by molar-refractivity contribution is 5.99. The van der Waals surface area contributed by atoms with Gasteiger partial charge in [-0.15, -0.1) is 0 Å². The lowest BCUT2D eigenvalue weighted by molar-refractivity contribution is -0.141. The zero-order valence-corrected chi connectivity index (χ0v) is 11.3. The number of amides is 2. The molecule has 0 aromatic heterocycles. The average Bonchev–Trinajstić information content (AvgIpc) is 2.27. The zero-order valence-electron chi connectivity index (χ0n) is 11.3. The summed E-state index contributed by atoms with van der Waals surface area (Å²) < 4.78 is 0. The number of imide groups is 1. The fourth-order valence-electron chi connectivity index (χ4n) is 2.52. The standard InChI is InChI=1S/C13H22N2O4/c1-13(5-3-2-4-6-13)8-10(16)15-12(19)9(14)7-11(17)18/h9H,2-8,14H2,1H3,(H,17,18)(H,15,16,19)/t9-/m0/s1. The van der Waals surface area contributed by atoms with E-state index < -0.39 is 24.3 Å². The third-order valence-electron chi connectivity index (χ3n) is 3.64. The van der Waals surface area contributed by atoms with Crippen molar-refractivity contribution in [1.82, 2.24) is 5.32 Å². The van der Waals surface area contributed by atoms with Crippen LogP contribution in [0.3, 0.4) is 0 Å². The summed E-state index contributed by atoms with van der Waals surface area (Å²) in [6.07, 6.45) is 5.19. The number of carbonyl (C=O) groups is 3. The van der Waals surface area contributed by atoms with Crippen molar-refractivity contribution in [2.75, 3.05) is 0 Å². The number of hydrogen-bond donors (Lipinski definition) is 3. The minimum Gasteiger partial charge on any atom is -0.481 e. The van der Waals surface area contributed by atoms with Gasteiger partial charge < -0.3 is 10.8 Å². The molecular weight excluding hydrogens is 248 g/mol. The minimum atomic E-state index is -1.18. The number of carboxylic acids is 1. The zero-order chi connectivity index (χ0) is 14.5. The number of nitrogens with two attached hydrogens (primary N) is 1. The van der Waals surface area contributed by atoms with Crippen LogP contribution in [0.1, 0.15) is 51.9 Å². The van der Waals surface area contributed by atoms with Gasteiger partial charge in [0.15, 0.2) is 0 Å². The van der Waals surface area contributed by atoms with Crippen molar-refractivity contribution in [2.45, 2.75) is 57.9 Å². The van der Waals surface area contributed by atoms with Crippen LogP contribution >= 0.6 is 0 Å². The first-order valence-corrected chi connectivity index (χ1v) is 6.63. The summed E-state index contributed by atoms with van der Waals surface area (Å²) in [5, 5.41) is 10.7. The molecule has 1 rings (SSSR count). The molecule has 0 radical (unpaired) electrons. The van der Waals surface area contributed by atoms with Gasteiger partial charge in [0.05, 0.1) is 12.5 Å². The van der Waals surface area contributed by atoms with E-state index in [1.54, 1.807) is 0 Å². The topological polar surface area (TPSA) is 109 Å².